The molecule has 0 fully saturated rings. The molecule has 0 atom stereocenters. The fourth-order valence-corrected chi connectivity index (χ4v) is 1.17. The smallest absolute Gasteiger partial charge is 0.00423 e. The molecule has 1 heteroatoms. The molecule has 0 aromatic carbocycles. The van der Waals surface area contributed by atoms with Crippen LogP contribution in [0.4, 0.5) is 0 Å². The van der Waals surface area contributed by atoms with E-state index in [0.29, 0.717) is 0 Å². The van der Waals surface area contributed by atoms with E-state index >= 15 is 0 Å². The third-order valence-electron chi connectivity index (χ3n) is 1.79. The van der Waals surface area contributed by atoms with Gasteiger partial charge in [0, 0.05) is 5.54 Å². The third kappa shape index (κ3) is 9.77. The van der Waals surface area contributed by atoms with E-state index in [2.05, 4.69) is 13.0 Å². The van der Waals surface area contributed by atoms with E-state index in [0.717, 1.165) is 0 Å². The van der Waals surface area contributed by atoms with Gasteiger partial charge >= 0.3 is 0 Å². The van der Waals surface area contributed by atoms with Crippen LogP contribution in [0, 0.1) is 0 Å². The molecule has 0 aromatic rings. The summed E-state index contributed by atoms with van der Waals surface area (Å²) in [6.45, 7) is 2.24. The van der Waals surface area contributed by atoms with E-state index in [4.69, 9.17) is 11.6 Å². The van der Waals surface area contributed by atoms with Gasteiger partial charge in [0.1, 0.15) is 0 Å². The van der Waals surface area contributed by atoms with E-state index in [1.165, 1.54) is 44.1 Å². The predicted molar refractivity (Wildman–Crippen MR) is 57.5 cm³/mol. The molecule has 0 bridgehead atoms. The zero-order valence-corrected chi connectivity index (χ0v) is 8.69. The van der Waals surface area contributed by atoms with Crippen LogP contribution in [0.5, 0.6) is 0 Å². The number of halogens is 1. The Hall–Kier alpha value is -0.230. The van der Waals surface area contributed by atoms with Gasteiger partial charge in [-0.2, -0.15) is 0 Å². The lowest BCUT2D eigenvalue weighted by Gasteiger charge is -1.95. The molecule has 0 radical (unpaired) electrons. The van der Waals surface area contributed by atoms with Crippen molar-refractivity contribution in [3.8, 4) is 0 Å². The normalized spacial score (nSPS) is 11.8. The molecular weight excluding hydrogens is 168 g/mol. The Morgan fingerprint density at radius 1 is 1.00 bits per heavy atom. The highest BCUT2D eigenvalue weighted by Gasteiger charge is 1.85. The molecule has 0 spiro atoms. The Labute approximate surface area is 81.3 Å². The van der Waals surface area contributed by atoms with Crippen LogP contribution < -0.4 is 0 Å². The predicted octanol–water partition coefficient (Wildman–Crippen LogP) is 4.66. The molecule has 0 saturated heterocycles. The first-order chi connectivity index (χ1) is 5.91. The maximum absolute atomic E-state index is 5.35. The zero-order valence-electron chi connectivity index (χ0n) is 7.93. The van der Waals surface area contributed by atoms with Crippen LogP contribution in [0.3, 0.4) is 0 Å². The van der Waals surface area contributed by atoms with Gasteiger partial charge in [-0.3, -0.25) is 0 Å². The number of hydrogen-bond donors (Lipinski definition) is 0. The van der Waals surface area contributed by atoms with Crippen molar-refractivity contribution in [3.05, 3.63) is 23.8 Å². The van der Waals surface area contributed by atoms with Crippen molar-refractivity contribution in [2.24, 2.45) is 0 Å². The lowest BCUT2D eigenvalue weighted by Crippen LogP contribution is -1.75. The molecule has 70 valence electrons. The molecule has 0 unspecified atom stereocenters. The Balaban J connectivity index is 3.00. The van der Waals surface area contributed by atoms with Crippen LogP contribution in [0.1, 0.15) is 45.4 Å². The van der Waals surface area contributed by atoms with Crippen LogP contribution in [-0.4, -0.2) is 0 Å². The van der Waals surface area contributed by atoms with Gasteiger partial charge in [0.15, 0.2) is 0 Å². The lowest BCUT2D eigenvalue weighted by molar-refractivity contribution is 0.637. The monoisotopic (exact) mass is 186 g/mol. The summed E-state index contributed by atoms with van der Waals surface area (Å²) < 4.78 is 0. The third-order valence-corrected chi connectivity index (χ3v) is 1.94. The number of rotatable bonds is 7. The van der Waals surface area contributed by atoms with Gasteiger partial charge < -0.3 is 0 Å². The molecule has 0 nitrogen and oxygen atoms in total. The van der Waals surface area contributed by atoms with Crippen molar-refractivity contribution in [3.63, 3.8) is 0 Å². The van der Waals surface area contributed by atoms with Crippen molar-refractivity contribution in [1.82, 2.24) is 0 Å². The minimum atomic E-state index is 1.19. The Morgan fingerprint density at radius 3 is 2.42 bits per heavy atom. The second-order valence-corrected chi connectivity index (χ2v) is 3.20. The van der Waals surface area contributed by atoms with Gasteiger partial charge in [0.2, 0.25) is 0 Å². The van der Waals surface area contributed by atoms with Crippen molar-refractivity contribution < 1.29 is 0 Å². The second kappa shape index (κ2) is 10.8. The summed E-state index contributed by atoms with van der Waals surface area (Å²) in [6, 6.07) is 0. The van der Waals surface area contributed by atoms with Crippen LogP contribution in [0.15, 0.2) is 23.8 Å². The molecular formula is C11H19Cl. The highest BCUT2D eigenvalue weighted by molar-refractivity contribution is 6.25. The van der Waals surface area contributed by atoms with Gasteiger partial charge in [0.05, 0.1) is 0 Å². The average Bonchev–Trinajstić information content (AvgIpc) is 2.10. The molecule has 0 saturated carbocycles. The highest BCUT2D eigenvalue weighted by atomic mass is 35.5. The summed E-state index contributed by atoms with van der Waals surface area (Å²) >= 11 is 5.35. The average molecular weight is 187 g/mol. The van der Waals surface area contributed by atoms with Crippen molar-refractivity contribution in [2.75, 3.05) is 0 Å². The summed E-state index contributed by atoms with van der Waals surface area (Å²) in [7, 11) is 0. The van der Waals surface area contributed by atoms with Crippen molar-refractivity contribution in [1.29, 1.82) is 0 Å². The first kappa shape index (κ1) is 11.8. The van der Waals surface area contributed by atoms with E-state index in [-0.39, 0.29) is 0 Å². The van der Waals surface area contributed by atoms with Gasteiger partial charge in [-0.25, -0.2) is 0 Å². The first-order valence-electron chi connectivity index (χ1n) is 4.83. The van der Waals surface area contributed by atoms with Crippen molar-refractivity contribution in [2.45, 2.75) is 45.4 Å². The second-order valence-electron chi connectivity index (χ2n) is 2.95. The van der Waals surface area contributed by atoms with E-state index in [1.54, 1.807) is 0 Å². The summed E-state index contributed by atoms with van der Waals surface area (Å²) in [5.41, 5.74) is 1.54. The molecule has 0 N–H and O–H groups in total. The van der Waals surface area contributed by atoms with Crippen molar-refractivity contribution >= 4 is 11.6 Å². The van der Waals surface area contributed by atoms with Crippen LogP contribution in [0.25, 0.3) is 0 Å². The highest BCUT2D eigenvalue weighted by Crippen LogP contribution is 2.05. The largest absolute Gasteiger partial charge is 0.0930 e. The van der Waals surface area contributed by atoms with Gasteiger partial charge in [0.25, 0.3) is 0 Å². The minimum absolute atomic E-state index is 1.19. The molecule has 0 heterocycles. The molecule has 0 aliphatic heterocycles. The number of unbranched alkanes of at least 4 members (excludes halogenated alkanes) is 5. The fourth-order valence-electron chi connectivity index (χ4n) is 1.08. The molecule has 12 heavy (non-hydrogen) atoms. The summed E-state index contributed by atoms with van der Waals surface area (Å²) in [5.74, 6) is 0. The fraction of sp³-hybridized carbons (Fsp3) is 0.636. The SMILES string of the molecule is CCCCCCCC=CC=CCl. The molecule has 0 aromatic heterocycles. The van der Waals surface area contributed by atoms with E-state index in [9.17, 15) is 0 Å². The lowest BCUT2D eigenvalue weighted by atomic mass is 10.1. The Bertz CT molecular complexity index is 125. The zero-order chi connectivity index (χ0) is 9.07. The standard InChI is InChI=1S/C11H19Cl/c1-2-3-4-5-6-7-8-9-10-11-12/h8-11H,2-7H2,1H3. The number of hydrogen-bond acceptors (Lipinski definition) is 0. The molecule has 0 rings (SSSR count). The molecule has 0 aliphatic carbocycles. The summed E-state index contributed by atoms with van der Waals surface area (Å²) in [5, 5.41) is 0. The maximum atomic E-state index is 5.35. The van der Waals surface area contributed by atoms with E-state index in [1.807, 2.05) is 12.2 Å². The molecule has 0 aliphatic rings. The van der Waals surface area contributed by atoms with Gasteiger partial charge in [-0.05, 0) is 12.8 Å². The summed E-state index contributed by atoms with van der Waals surface area (Å²) in [4.78, 5) is 0. The van der Waals surface area contributed by atoms with E-state index < -0.39 is 0 Å². The van der Waals surface area contributed by atoms with Gasteiger partial charge in [-0.15, -0.1) is 0 Å². The Morgan fingerprint density at radius 2 is 1.75 bits per heavy atom. The van der Waals surface area contributed by atoms with Crippen LogP contribution >= 0.6 is 11.6 Å². The van der Waals surface area contributed by atoms with Crippen LogP contribution in [-0.2, 0) is 0 Å². The maximum Gasteiger partial charge on any atom is 0.00423 e. The quantitative estimate of drug-likeness (QED) is 0.401. The minimum Gasteiger partial charge on any atom is -0.0930 e. The Kier molecular flexibility index (Phi) is 10.6. The topological polar surface area (TPSA) is 0 Å². The number of allylic oxidation sites excluding steroid dienone is 3. The van der Waals surface area contributed by atoms with Gasteiger partial charge in [-0.1, -0.05) is 62.4 Å². The van der Waals surface area contributed by atoms with Crippen LogP contribution in [0.2, 0.25) is 0 Å². The molecule has 0 amide bonds. The summed E-state index contributed by atoms with van der Waals surface area (Å²) in [6.07, 6.45) is 14.0. The first-order valence-corrected chi connectivity index (χ1v) is 5.27.